The summed E-state index contributed by atoms with van der Waals surface area (Å²) in [5.41, 5.74) is -0.845. The molecule has 3 atom stereocenters. The summed E-state index contributed by atoms with van der Waals surface area (Å²) >= 11 is 0. The zero-order valence-electron chi connectivity index (χ0n) is 19.3. The van der Waals surface area contributed by atoms with Crippen molar-refractivity contribution >= 4 is 11.9 Å². The first-order chi connectivity index (χ1) is 13.7. The number of nitrogens with zero attached hydrogens (tertiary/aromatic N) is 1. The number of hydrogen-bond acceptors (Lipinski definition) is 3. The van der Waals surface area contributed by atoms with E-state index in [2.05, 4.69) is 20.8 Å². The highest BCUT2D eigenvalue weighted by atomic mass is 16.6. The van der Waals surface area contributed by atoms with Crippen molar-refractivity contribution in [3.63, 3.8) is 0 Å². The molecule has 0 aromatic heterocycles. The zero-order valence-corrected chi connectivity index (χ0v) is 19.3. The first-order valence-corrected chi connectivity index (χ1v) is 11.9. The standard InChI is InChI=1S/C24H43NO4/c1-6-7-9-14-21(26)19(17(2)3)16-22-20(15-18-12-10-8-11-13-18)25(23(27)28)24(4,5)29-22/h17-20,22H,6-16H2,1-5H3,(H,27,28)/t19?,20-,22-/m0/s1. The van der Waals surface area contributed by atoms with Crippen LogP contribution in [-0.2, 0) is 9.53 Å². The number of unbranched alkanes of at least 4 members (excludes halogenated alkanes) is 2. The number of carboxylic acid groups (broad SMARTS) is 1. The number of ketones is 1. The van der Waals surface area contributed by atoms with Gasteiger partial charge in [0.2, 0.25) is 0 Å². The Morgan fingerprint density at radius 3 is 2.34 bits per heavy atom. The highest BCUT2D eigenvalue weighted by molar-refractivity contribution is 5.81. The lowest BCUT2D eigenvalue weighted by atomic mass is 9.79. The van der Waals surface area contributed by atoms with Crippen LogP contribution < -0.4 is 0 Å². The number of carbonyl (C=O) groups is 2. The third kappa shape index (κ3) is 6.44. The molecular formula is C24H43NO4. The minimum atomic E-state index is -0.909. The maximum absolute atomic E-state index is 12.9. The molecule has 168 valence electrons. The summed E-state index contributed by atoms with van der Waals surface area (Å²) in [6.07, 6.45) is 10.3. The van der Waals surface area contributed by atoms with Crippen LogP contribution in [-0.4, -0.2) is 39.8 Å². The smallest absolute Gasteiger partial charge is 0.409 e. The van der Waals surface area contributed by atoms with E-state index in [-0.39, 0.29) is 24.0 Å². The molecule has 2 aliphatic rings. The minimum absolute atomic E-state index is 0.0599. The lowest BCUT2D eigenvalue weighted by Gasteiger charge is -2.34. The molecule has 1 unspecified atom stereocenters. The molecule has 1 N–H and O–H groups in total. The van der Waals surface area contributed by atoms with Crippen LogP contribution in [0.25, 0.3) is 0 Å². The van der Waals surface area contributed by atoms with Crippen LogP contribution in [0.2, 0.25) is 0 Å². The van der Waals surface area contributed by atoms with E-state index in [1.54, 1.807) is 0 Å². The summed E-state index contributed by atoms with van der Waals surface area (Å²) in [7, 11) is 0. The highest BCUT2D eigenvalue weighted by Gasteiger charge is 2.51. The molecule has 0 radical (unpaired) electrons. The van der Waals surface area contributed by atoms with Gasteiger partial charge in [-0.15, -0.1) is 0 Å². The minimum Gasteiger partial charge on any atom is -0.465 e. The van der Waals surface area contributed by atoms with Gasteiger partial charge in [0.1, 0.15) is 11.5 Å². The van der Waals surface area contributed by atoms with Crippen molar-refractivity contribution in [2.75, 3.05) is 0 Å². The second-order valence-corrected chi connectivity index (χ2v) is 10.1. The third-order valence-corrected chi connectivity index (χ3v) is 7.02. The molecule has 0 aromatic carbocycles. The third-order valence-electron chi connectivity index (χ3n) is 7.02. The van der Waals surface area contributed by atoms with E-state index in [9.17, 15) is 14.7 Å². The Labute approximate surface area is 177 Å². The molecule has 2 fully saturated rings. The van der Waals surface area contributed by atoms with E-state index < -0.39 is 11.8 Å². The van der Waals surface area contributed by atoms with Crippen LogP contribution in [0.15, 0.2) is 0 Å². The molecule has 1 aliphatic carbocycles. The SMILES string of the molecule is CCCCCC(=O)C(C[C@@H]1OC(C)(C)N(C(=O)O)[C@H]1CC1CCCCC1)C(C)C. The number of ether oxygens (including phenoxy) is 1. The summed E-state index contributed by atoms with van der Waals surface area (Å²) in [6.45, 7) is 10.1. The number of rotatable bonds is 10. The largest absolute Gasteiger partial charge is 0.465 e. The van der Waals surface area contributed by atoms with Crippen LogP contribution in [0.3, 0.4) is 0 Å². The normalized spacial score (nSPS) is 26.1. The molecule has 5 nitrogen and oxygen atoms in total. The molecule has 0 aromatic rings. The van der Waals surface area contributed by atoms with Crippen molar-refractivity contribution in [2.24, 2.45) is 17.8 Å². The van der Waals surface area contributed by atoms with Crippen LogP contribution >= 0.6 is 0 Å². The fourth-order valence-electron chi connectivity index (χ4n) is 5.43. The average molecular weight is 410 g/mol. The Morgan fingerprint density at radius 2 is 1.79 bits per heavy atom. The molecule has 1 saturated heterocycles. The molecular weight excluding hydrogens is 366 g/mol. The van der Waals surface area contributed by atoms with Gasteiger partial charge in [0.05, 0.1) is 12.1 Å². The molecule has 1 aliphatic heterocycles. The van der Waals surface area contributed by atoms with Gasteiger partial charge in [0, 0.05) is 12.3 Å². The number of amides is 1. The monoisotopic (exact) mass is 409 g/mol. The van der Waals surface area contributed by atoms with Crippen molar-refractivity contribution in [3.8, 4) is 0 Å². The first kappa shape index (κ1) is 24.2. The average Bonchev–Trinajstić information content (AvgIpc) is 2.89. The van der Waals surface area contributed by atoms with E-state index in [1.165, 1.54) is 37.0 Å². The molecule has 0 bridgehead atoms. The Kier molecular flexibility index (Phi) is 8.99. The zero-order chi connectivity index (χ0) is 21.6. The van der Waals surface area contributed by atoms with Gasteiger partial charge < -0.3 is 9.84 Å². The predicted molar refractivity (Wildman–Crippen MR) is 116 cm³/mol. The maximum atomic E-state index is 12.9. The van der Waals surface area contributed by atoms with Crippen LogP contribution in [0, 0.1) is 17.8 Å². The Bertz CT molecular complexity index is 539. The van der Waals surface area contributed by atoms with Crippen LogP contribution in [0.5, 0.6) is 0 Å². The number of carbonyl (C=O) groups excluding carboxylic acids is 1. The second-order valence-electron chi connectivity index (χ2n) is 10.1. The summed E-state index contributed by atoms with van der Waals surface area (Å²) in [5, 5.41) is 9.94. The van der Waals surface area contributed by atoms with E-state index in [1.807, 2.05) is 13.8 Å². The fourth-order valence-corrected chi connectivity index (χ4v) is 5.43. The van der Waals surface area contributed by atoms with Gasteiger partial charge in [-0.1, -0.05) is 65.7 Å². The van der Waals surface area contributed by atoms with Crippen LogP contribution in [0.1, 0.15) is 105 Å². The van der Waals surface area contributed by atoms with Gasteiger partial charge in [-0.25, -0.2) is 4.79 Å². The number of Topliss-reactive ketones (excluding diaryl/α,β-unsaturated/α-hetero) is 1. The Balaban J connectivity index is 2.16. The van der Waals surface area contributed by atoms with Gasteiger partial charge in [-0.3, -0.25) is 9.69 Å². The molecule has 1 saturated carbocycles. The lowest BCUT2D eigenvalue weighted by molar-refractivity contribution is -0.127. The van der Waals surface area contributed by atoms with E-state index in [0.29, 0.717) is 24.5 Å². The van der Waals surface area contributed by atoms with Crippen molar-refractivity contribution in [1.29, 1.82) is 0 Å². The molecule has 1 heterocycles. The van der Waals surface area contributed by atoms with Crippen LogP contribution in [0.4, 0.5) is 4.79 Å². The van der Waals surface area contributed by atoms with Gasteiger partial charge in [0.15, 0.2) is 0 Å². The van der Waals surface area contributed by atoms with E-state index >= 15 is 0 Å². The number of hydrogen-bond donors (Lipinski definition) is 1. The summed E-state index contributed by atoms with van der Waals surface area (Å²) in [4.78, 5) is 26.6. The summed E-state index contributed by atoms with van der Waals surface area (Å²) in [6, 6.07) is -0.157. The highest BCUT2D eigenvalue weighted by Crippen LogP contribution is 2.41. The Morgan fingerprint density at radius 1 is 1.14 bits per heavy atom. The summed E-state index contributed by atoms with van der Waals surface area (Å²) < 4.78 is 6.33. The van der Waals surface area contributed by atoms with Crippen molar-refractivity contribution in [2.45, 2.75) is 123 Å². The van der Waals surface area contributed by atoms with Gasteiger partial charge >= 0.3 is 6.09 Å². The van der Waals surface area contributed by atoms with Crippen molar-refractivity contribution in [1.82, 2.24) is 4.90 Å². The van der Waals surface area contributed by atoms with Gasteiger partial charge in [-0.05, 0) is 44.9 Å². The fraction of sp³-hybridized carbons (Fsp3) is 0.917. The molecule has 2 rings (SSSR count). The molecule has 1 amide bonds. The molecule has 0 spiro atoms. The topological polar surface area (TPSA) is 66.8 Å². The van der Waals surface area contributed by atoms with Gasteiger partial charge in [0.25, 0.3) is 0 Å². The molecule has 5 heteroatoms. The molecule has 29 heavy (non-hydrogen) atoms. The maximum Gasteiger partial charge on any atom is 0.409 e. The van der Waals surface area contributed by atoms with Gasteiger partial charge in [-0.2, -0.15) is 0 Å². The quantitative estimate of drug-likeness (QED) is 0.433. The predicted octanol–water partition coefficient (Wildman–Crippen LogP) is 6.25. The second kappa shape index (κ2) is 10.8. The Hall–Kier alpha value is -1.10. The van der Waals surface area contributed by atoms with Crippen molar-refractivity contribution in [3.05, 3.63) is 0 Å². The van der Waals surface area contributed by atoms with E-state index in [0.717, 1.165) is 25.7 Å². The first-order valence-electron chi connectivity index (χ1n) is 11.9. The lowest BCUT2D eigenvalue weighted by Crippen LogP contribution is -2.48. The summed E-state index contributed by atoms with van der Waals surface area (Å²) in [5.74, 6) is 1.06. The van der Waals surface area contributed by atoms with E-state index in [4.69, 9.17) is 4.74 Å². The van der Waals surface area contributed by atoms with Crippen molar-refractivity contribution < 1.29 is 19.4 Å².